The molecule has 3 aromatic rings. The van der Waals surface area contributed by atoms with Gasteiger partial charge in [-0.1, -0.05) is 41.9 Å². The number of nitrogens with one attached hydrogen (secondary N) is 2. The molecule has 6 rings (SSSR count). The molecule has 0 spiro atoms. The molecule has 1 aliphatic carbocycles. The van der Waals surface area contributed by atoms with Crippen LogP contribution in [0.5, 0.6) is 5.75 Å². The molecule has 1 amide bonds. The van der Waals surface area contributed by atoms with Gasteiger partial charge in [-0.3, -0.25) is 4.79 Å². The fraction of sp³-hybridized carbons (Fsp3) is 0.345. The number of amides is 1. The summed E-state index contributed by atoms with van der Waals surface area (Å²) in [5.41, 5.74) is 0.175. The van der Waals surface area contributed by atoms with Gasteiger partial charge in [0.05, 0.1) is 28.8 Å². The van der Waals surface area contributed by atoms with Crippen LogP contribution in [0.3, 0.4) is 0 Å². The standard InChI is InChI=1S/C29H27ClF2N2O4/c1-33-28(37)16-10-15-19(35)12-20(36)23(15)27(32)25(16)24-17-13-29(22-8-5-9-34-22,14-6-3-2-4-7-14)38-21(17)11-18(31)26(24)30/h2-4,6-7,10-11,19-20,22,34-36H,5,8-9,12-13H2,1H3,(H,33,37)/t19-,20-,22-,29-/m0/s1. The molecular formula is C29H27ClF2N2O4. The molecule has 0 saturated carbocycles. The minimum absolute atomic E-state index is 0.0185. The zero-order chi connectivity index (χ0) is 26.8. The maximum absolute atomic E-state index is 16.4. The SMILES string of the molecule is CNC(=O)c1cc2c(c(F)c1-c1c(Cl)c(F)cc3c1C[C@](c1ccccc1)([C@@H]1CCCN1)O3)[C@@H](O)C[C@@H]2O. The van der Waals surface area contributed by atoms with Crippen LogP contribution in [0.1, 0.15) is 64.1 Å². The van der Waals surface area contributed by atoms with E-state index < -0.39 is 35.4 Å². The molecule has 0 bridgehead atoms. The van der Waals surface area contributed by atoms with Crippen LogP contribution in [0.4, 0.5) is 8.78 Å². The van der Waals surface area contributed by atoms with E-state index in [0.29, 0.717) is 5.56 Å². The smallest absolute Gasteiger partial charge is 0.251 e. The highest BCUT2D eigenvalue weighted by Gasteiger charge is 2.50. The molecular weight excluding hydrogens is 514 g/mol. The molecule has 6 nitrogen and oxygen atoms in total. The number of hydrogen-bond donors (Lipinski definition) is 4. The number of carbonyl (C=O) groups excluding carboxylic acids is 1. The van der Waals surface area contributed by atoms with Crippen LogP contribution in [0.25, 0.3) is 11.1 Å². The molecule has 1 saturated heterocycles. The molecule has 0 radical (unpaired) electrons. The lowest BCUT2D eigenvalue weighted by atomic mass is 9.80. The fourth-order valence-corrected chi connectivity index (χ4v) is 6.60. The lowest BCUT2D eigenvalue weighted by molar-refractivity contribution is 0.0539. The topological polar surface area (TPSA) is 90.8 Å². The number of halogens is 3. The Balaban J connectivity index is 1.62. The summed E-state index contributed by atoms with van der Waals surface area (Å²) in [5, 5.41) is 26.6. The number of benzene rings is 3. The van der Waals surface area contributed by atoms with Gasteiger partial charge in [0, 0.05) is 48.2 Å². The minimum Gasteiger partial charge on any atom is -0.480 e. The molecule has 2 heterocycles. The van der Waals surface area contributed by atoms with Crippen LogP contribution >= 0.6 is 11.6 Å². The molecule has 3 aliphatic rings. The van der Waals surface area contributed by atoms with Gasteiger partial charge in [-0.05, 0) is 36.6 Å². The van der Waals surface area contributed by atoms with Crippen molar-refractivity contribution in [3.63, 3.8) is 0 Å². The maximum atomic E-state index is 16.4. The van der Waals surface area contributed by atoms with Gasteiger partial charge in [0.15, 0.2) is 5.60 Å². The van der Waals surface area contributed by atoms with Crippen molar-refractivity contribution >= 4 is 17.5 Å². The fourth-order valence-electron chi connectivity index (χ4n) is 6.34. The predicted octanol–water partition coefficient (Wildman–Crippen LogP) is 4.70. The molecule has 1 fully saturated rings. The first-order valence-electron chi connectivity index (χ1n) is 12.7. The number of aliphatic hydroxyl groups is 2. The summed E-state index contributed by atoms with van der Waals surface area (Å²) in [5.74, 6) is -2.12. The van der Waals surface area contributed by atoms with Crippen LogP contribution in [0, 0.1) is 11.6 Å². The van der Waals surface area contributed by atoms with Crippen LogP contribution < -0.4 is 15.4 Å². The number of aliphatic hydroxyl groups excluding tert-OH is 2. The third kappa shape index (κ3) is 3.66. The molecule has 0 unspecified atom stereocenters. The second kappa shape index (κ2) is 9.31. The molecule has 9 heteroatoms. The van der Waals surface area contributed by atoms with Gasteiger partial charge < -0.3 is 25.6 Å². The van der Waals surface area contributed by atoms with Crippen molar-refractivity contribution in [2.24, 2.45) is 0 Å². The van der Waals surface area contributed by atoms with Crippen molar-refractivity contribution < 1.29 is 28.5 Å². The molecule has 0 aromatic heterocycles. The molecule has 198 valence electrons. The summed E-state index contributed by atoms with van der Waals surface area (Å²) in [6.07, 6.45) is -0.487. The minimum atomic E-state index is -1.28. The highest BCUT2D eigenvalue weighted by atomic mass is 35.5. The van der Waals surface area contributed by atoms with Crippen molar-refractivity contribution in [3.8, 4) is 16.9 Å². The number of hydrogen-bond acceptors (Lipinski definition) is 5. The van der Waals surface area contributed by atoms with Gasteiger partial charge in [0.25, 0.3) is 5.91 Å². The van der Waals surface area contributed by atoms with E-state index in [9.17, 15) is 15.0 Å². The zero-order valence-electron chi connectivity index (χ0n) is 20.7. The van der Waals surface area contributed by atoms with E-state index in [2.05, 4.69) is 10.6 Å². The highest BCUT2D eigenvalue weighted by Crippen LogP contribution is 2.53. The lowest BCUT2D eigenvalue weighted by Gasteiger charge is -2.35. The lowest BCUT2D eigenvalue weighted by Crippen LogP contribution is -2.48. The Morgan fingerprint density at radius 1 is 1.16 bits per heavy atom. The molecule has 4 N–H and O–H groups in total. The van der Waals surface area contributed by atoms with Crippen LogP contribution in [-0.2, 0) is 12.0 Å². The molecule has 4 atom stereocenters. The number of rotatable bonds is 4. The van der Waals surface area contributed by atoms with Crippen molar-refractivity contribution in [1.29, 1.82) is 0 Å². The third-order valence-electron chi connectivity index (χ3n) is 8.10. The summed E-state index contributed by atoms with van der Waals surface area (Å²) in [6.45, 7) is 0.807. The first-order valence-corrected chi connectivity index (χ1v) is 13.1. The summed E-state index contributed by atoms with van der Waals surface area (Å²) >= 11 is 6.56. The van der Waals surface area contributed by atoms with Crippen LogP contribution in [0.15, 0.2) is 42.5 Å². The molecule has 38 heavy (non-hydrogen) atoms. The van der Waals surface area contributed by atoms with E-state index in [-0.39, 0.29) is 57.5 Å². The number of ether oxygens (including phenoxy) is 1. The number of carbonyl (C=O) groups is 1. The Morgan fingerprint density at radius 2 is 1.92 bits per heavy atom. The second-order valence-electron chi connectivity index (χ2n) is 10.2. The van der Waals surface area contributed by atoms with Crippen LogP contribution in [-0.4, -0.2) is 35.8 Å². The average molecular weight is 541 g/mol. The summed E-state index contributed by atoms with van der Waals surface area (Å²) in [4.78, 5) is 13.0. The molecule has 2 aliphatic heterocycles. The third-order valence-corrected chi connectivity index (χ3v) is 8.47. The van der Waals surface area contributed by atoms with Gasteiger partial charge in [-0.2, -0.15) is 0 Å². The Labute approximate surface area is 223 Å². The van der Waals surface area contributed by atoms with E-state index in [4.69, 9.17) is 16.3 Å². The Kier molecular flexibility index (Phi) is 6.18. The van der Waals surface area contributed by atoms with Crippen LogP contribution in [0.2, 0.25) is 5.02 Å². The van der Waals surface area contributed by atoms with E-state index in [1.54, 1.807) is 0 Å². The Morgan fingerprint density at radius 3 is 2.61 bits per heavy atom. The van der Waals surface area contributed by atoms with E-state index in [1.807, 2.05) is 30.3 Å². The summed E-state index contributed by atoms with van der Waals surface area (Å²) < 4.78 is 38.3. The quantitative estimate of drug-likeness (QED) is 0.385. The van der Waals surface area contributed by atoms with Gasteiger partial charge in [0.2, 0.25) is 0 Å². The van der Waals surface area contributed by atoms with E-state index in [0.717, 1.165) is 24.9 Å². The second-order valence-corrected chi connectivity index (χ2v) is 10.5. The first kappa shape index (κ1) is 25.2. The van der Waals surface area contributed by atoms with Gasteiger partial charge >= 0.3 is 0 Å². The van der Waals surface area contributed by atoms with Gasteiger partial charge in [-0.15, -0.1) is 0 Å². The maximum Gasteiger partial charge on any atom is 0.251 e. The Bertz CT molecular complexity index is 1440. The van der Waals surface area contributed by atoms with Crippen molar-refractivity contribution in [3.05, 3.63) is 86.9 Å². The van der Waals surface area contributed by atoms with Crippen molar-refractivity contribution in [2.45, 2.75) is 49.5 Å². The number of fused-ring (bicyclic) bond motifs is 2. The van der Waals surface area contributed by atoms with E-state index >= 15 is 8.78 Å². The van der Waals surface area contributed by atoms with Gasteiger partial charge in [0.1, 0.15) is 17.4 Å². The van der Waals surface area contributed by atoms with E-state index in [1.165, 1.54) is 19.2 Å². The van der Waals surface area contributed by atoms with Crippen molar-refractivity contribution in [2.75, 3.05) is 13.6 Å². The summed E-state index contributed by atoms with van der Waals surface area (Å²) in [6, 6.07) is 12.1. The molecule has 3 aromatic carbocycles. The monoisotopic (exact) mass is 540 g/mol. The van der Waals surface area contributed by atoms with Crippen molar-refractivity contribution in [1.82, 2.24) is 10.6 Å². The highest BCUT2D eigenvalue weighted by molar-refractivity contribution is 6.34. The average Bonchev–Trinajstić information content (AvgIpc) is 3.64. The zero-order valence-corrected chi connectivity index (χ0v) is 21.4. The Hall–Kier alpha value is -3.04. The first-order chi connectivity index (χ1) is 18.3. The summed E-state index contributed by atoms with van der Waals surface area (Å²) in [7, 11) is 1.40. The largest absolute Gasteiger partial charge is 0.480 e. The normalized spacial score (nSPS) is 25.7. The predicted molar refractivity (Wildman–Crippen MR) is 138 cm³/mol. The van der Waals surface area contributed by atoms with Gasteiger partial charge in [-0.25, -0.2) is 8.78 Å².